The maximum atomic E-state index is 13.4. The van der Waals surface area contributed by atoms with E-state index in [0.717, 1.165) is 11.6 Å². The highest BCUT2D eigenvalue weighted by Crippen LogP contribution is 2.20. The van der Waals surface area contributed by atoms with Crippen molar-refractivity contribution < 1.29 is 22.8 Å². The second-order valence-corrected chi connectivity index (χ2v) is 7.84. The van der Waals surface area contributed by atoms with Gasteiger partial charge in [0.2, 0.25) is 5.91 Å². The molecule has 0 saturated carbocycles. The van der Waals surface area contributed by atoms with Gasteiger partial charge in [-0.05, 0) is 54.4 Å². The van der Waals surface area contributed by atoms with Crippen LogP contribution in [0.2, 0.25) is 5.02 Å². The van der Waals surface area contributed by atoms with Gasteiger partial charge < -0.3 is 19.5 Å². The molecule has 6 nitrogen and oxygen atoms in total. The molecular weight excluding hydrogens is 452 g/mol. The predicted molar refractivity (Wildman–Crippen MR) is 122 cm³/mol. The second kappa shape index (κ2) is 11.5. The third-order valence-electron chi connectivity index (χ3n) is 4.84. The Morgan fingerprint density at radius 1 is 1.03 bits per heavy atom. The topological polar surface area (TPSA) is 65.8 Å². The SMILES string of the molecule is CCCN(CC(=O)N(Cc1ccc(F)cc1)Cc1ccco1)C(=O)Nc1ccc(F)c(Cl)c1. The van der Waals surface area contributed by atoms with Gasteiger partial charge in [0, 0.05) is 18.8 Å². The fourth-order valence-corrected chi connectivity index (χ4v) is 3.38. The molecule has 33 heavy (non-hydrogen) atoms. The van der Waals surface area contributed by atoms with Gasteiger partial charge in [-0.2, -0.15) is 0 Å². The van der Waals surface area contributed by atoms with Crippen molar-refractivity contribution in [3.05, 3.63) is 88.8 Å². The largest absolute Gasteiger partial charge is 0.467 e. The van der Waals surface area contributed by atoms with Gasteiger partial charge in [0.05, 0.1) is 17.8 Å². The summed E-state index contributed by atoms with van der Waals surface area (Å²) in [5.74, 6) is -0.687. The molecular formula is C24H24ClF2N3O3. The first-order valence-corrected chi connectivity index (χ1v) is 10.8. The Morgan fingerprint density at radius 2 is 1.79 bits per heavy atom. The number of hydrogen-bond donors (Lipinski definition) is 1. The molecule has 3 aromatic rings. The number of rotatable bonds is 9. The van der Waals surface area contributed by atoms with E-state index in [-0.39, 0.29) is 36.4 Å². The second-order valence-electron chi connectivity index (χ2n) is 7.44. The van der Waals surface area contributed by atoms with Gasteiger partial charge in [0.25, 0.3) is 0 Å². The van der Waals surface area contributed by atoms with Crippen molar-refractivity contribution in [1.82, 2.24) is 9.80 Å². The van der Waals surface area contributed by atoms with Crippen LogP contribution in [0.25, 0.3) is 0 Å². The first-order chi connectivity index (χ1) is 15.9. The van der Waals surface area contributed by atoms with Crippen LogP contribution in [0.4, 0.5) is 19.3 Å². The summed E-state index contributed by atoms with van der Waals surface area (Å²) in [7, 11) is 0. The molecule has 0 unspecified atom stereocenters. The van der Waals surface area contributed by atoms with Crippen LogP contribution in [0.5, 0.6) is 0 Å². The molecule has 0 atom stereocenters. The minimum atomic E-state index is -0.593. The molecule has 0 saturated heterocycles. The summed E-state index contributed by atoms with van der Waals surface area (Å²) in [5.41, 5.74) is 1.06. The Labute approximate surface area is 195 Å². The Kier molecular flexibility index (Phi) is 8.43. The number of benzene rings is 2. The minimum Gasteiger partial charge on any atom is -0.467 e. The Morgan fingerprint density at radius 3 is 2.42 bits per heavy atom. The summed E-state index contributed by atoms with van der Waals surface area (Å²) in [6.07, 6.45) is 2.14. The molecule has 0 aliphatic heterocycles. The summed E-state index contributed by atoms with van der Waals surface area (Å²) < 4.78 is 32.1. The third-order valence-corrected chi connectivity index (χ3v) is 5.13. The molecule has 0 aliphatic rings. The van der Waals surface area contributed by atoms with Crippen molar-refractivity contribution in [2.45, 2.75) is 26.4 Å². The standard InChI is InChI=1S/C24H24ClF2N3O3/c1-2-11-29(24(32)28-19-9-10-22(27)21(25)13-19)16-23(31)30(15-20-4-3-12-33-20)14-17-5-7-18(26)8-6-17/h3-10,12-13H,2,11,14-16H2,1H3,(H,28,32). The van der Waals surface area contributed by atoms with Crippen molar-refractivity contribution >= 4 is 29.2 Å². The lowest BCUT2D eigenvalue weighted by Gasteiger charge is -2.27. The van der Waals surface area contributed by atoms with Gasteiger partial charge in [0.1, 0.15) is 23.9 Å². The van der Waals surface area contributed by atoms with Gasteiger partial charge in [-0.15, -0.1) is 0 Å². The molecule has 0 bridgehead atoms. The normalized spacial score (nSPS) is 10.7. The number of carbonyl (C=O) groups excluding carboxylic acids is 2. The molecule has 3 amide bonds. The molecule has 1 N–H and O–H groups in total. The lowest BCUT2D eigenvalue weighted by Crippen LogP contribution is -2.44. The van der Waals surface area contributed by atoms with Gasteiger partial charge in [0.15, 0.2) is 0 Å². The molecule has 0 radical (unpaired) electrons. The van der Waals surface area contributed by atoms with E-state index in [4.69, 9.17) is 16.0 Å². The van der Waals surface area contributed by atoms with Crippen LogP contribution in [0.1, 0.15) is 24.7 Å². The van der Waals surface area contributed by atoms with E-state index < -0.39 is 11.8 Å². The van der Waals surface area contributed by atoms with Crippen molar-refractivity contribution in [2.75, 3.05) is 18.4 Å². The van der Waals surface area contributed by atoms with Crippen LogP contribution >= 0.6 is 11.6 Å². The maximum Gasteiger partial charge on any atom is 0.322 e. The highest BCUT2D eigenvalue weighted by Gasteiger charge is 2.22. The first-order valence-electron chi connectivity index (χ1n) is 10.4. The number of nitrogens with zero attached hydrogens (tertiary/aromatic N) is 2. The van der Waals surface area contributed by atoms with Crippen LogP contribution in [-0.4, -0.2) is 34.8 Å². The zero-order valence-corrected chi connectivity index (χ0v) is 18.8. The lowest BCUT2D eigenvalue weighted by molar-refractivity contribution is -0.133. The summed E-state index contributed by atoms with van der Waals surface area (Å²) in [5, 5.41) is 2.53. The first kappa shape index (κ1) is 24.3. The smallest absolute Gasteiger partial charge is 0.322 e. The van der Waals surface area contributed by atoms with Gasteiger partial charge in [-0.3, -0.25) is 4.79 Å². The maximum absolute atomic E-state index is 13.4. The van der Waals surface area contributed by atoms with Gasteiger partial charge >= 0.3 is 6.03 Å². The van der Waals surface area contributed by atoms with Crippen LogP contribution < -0.4 is 5.32 Å². The molecule has 1 aromatic heterocycles. The number of halogens is 3. The summed E-state index contributed by atoms with van der Waals surface area (Å²) in [6.45, 7) is 2.44. The number of nitrogens with one attached hydrogen (secondary N) is 1. The minimum absolute atomic E-state index is 0.116. The highest BCUT2D eigenvalue weighted by molar-refractivity contribution is 6.31. The van der Waals surface area contributed by atoms with Crippen molar-refractivity contribution in [3.8, 4) is 0 Å². The Bertz CT molecular complexity index is 1080. The highest BCUT2D eigenvalue weighted by atomic mass is 35.5. The van der Waals surface area contributed by atoms with Crippen molar-refractivity contribution in [3.63, 3.8) is 0 Å². The molecule has 174 valence electrons. The van der Waals surface area contributed by atoms with Crippen LogP contribution in [0.3, 0.4) is 0 Å². The predicted octanol–water partition coefficient (Wildman–Crippen LogP) is 5.68. The van der Waals surface area contributed by atoms with Gasteiger partial charge in [-0.1, -0.05) is 30.7 Å². The summed E-state index contributed by atoms with van der Waals surface area (Å²) >= 11 is 5.79. The number of hydrogen-bond acceptors (Lipinski definition) is 3. The quantitative estimate of drug-likeness (QED) is 0.432. The molecule has 9 heteroatoms. The molecule has 0 aliphatic carbocycles. The van der Waals surface area contributed by atoms with E-state index >= 15 is 0 Å². The van der Waals surface area contributed by atoms with Crippen LogP contribution in [-0.2, 0) is 17.9 Å². The molecule has 2 aromatic carbocycles. The summed E-state index contributed by atoms with van der Waals surface area (Å²) in [6, 6.07) is 12.7. The number of amides is 3. The number of carbonyl (C=O) groups is 2. The number of furan rings is 1. The molecule has 0 fully saturated rings. The van der Waals surface area contributed by atoms with Gasteiger partial charge in [-0.25, -0.2) is 13.6 Å². The molecule has 0 spiro atoms. The zero-order chi connectivity index (χ0) is 23.8. The van der Waals surface area contributed by atoms with E-state index in [9.17, 15) is 18.4 Å². The Balaban J connectivity index is 1.73. The fraction of sp³-hybridized carbons (Fsp3) is 0.250. The average Bonchev–Trinajstić information content (AvgIpc) is 3.30. The number of anilines is 1. The third kappa shape index (κ3) is 7.05. The van der Waals surface area contributed by atoms with E-state index in [1.54, 1.807) is 24.3 Å². The van der Waals surface area contributed by atoms with Crippen molar-refractivity contribution in [2.24, 2.45) is 0 Å². The molecule has 1 heterocycles. The summed E-state index contributed by atoms with van der Waals surface area (Å²) in [4.78, 5) is 28.9. The van der Waals surface area contributed by atoms with E-state index in [0.29, 0.717) is 24.4 Å². The average molecular weight is 476 g/mol. The fourth-order valence-electron chi connectivity index (χ4n) is 3.20. The van der Waals surface area contributed by atoms with Crippen LogP contribution in [0.15, 0.2) is 65.3 Å². The van der Waals surface area contributed by atoms with E-state index in [1.807, 2.05) is 6.92 Å². The zero-order valence-electron chi connectivity index (χ0n) is 18.1. The monoisotopic (exact) mass is 475 g/mol. The van der Waals surface area contributed by atoms with E-state index in [2.05, 4.69) is 5.32 Å². The molecule has 3 rings (SSSR count). The van der Waals surface area contributed by atoms with Crippen molar-refractivity contribution in [1.29, 1.82) is 0 Å². The van der Waals surface area contributed by atoms with Crippen LogP contribution in [0, 0.1) is 11.6 Å². The Hall–Kier alpha value is -3.39. The lowest BCUT2D eigenvalue weighted by atomic mass is 10.2. The van der Waals surface area contributed by atoms with E-state index in [1.165, 1.54) is 40.3 Å². The number of urea groups is 1.